The zero-order chi connectivity index (χ0) is 12.8. The van der Waals surface area contributed by atoms with E-state index in [1.54, 1.807) is 0 Å². The van der Waals surface area contributed by atoms with Gasteiger partial charge < -0.3 is 4.74 Å². The van der Waals surface area contributed by atoms with E-state index in [0.29, 0.717) is 11.7 Å². The van der Waals surface area contributed by atoms with Gasteiger partial charge in [0.15, 0.2) is 6.40 Å². The smallest absolute Gasteiger partial charge is 0.181 e. The highest BCUT2D eigenvalue weighted by molar-refractivity contribution is 6.18. The van der Waals surface area contributed by atoms with E-state index in [1.165, 1.54) is 18.4 Å². The van der Waals surface area contributed by atoms with Crippen molar-refractivity contribution in [3.05, 3.63) is 47.9 Å². The number of hydrogen-bond acceptors (Lipinski definition) is 2. The molecule has 18 heavy (non-hydrogen) atoms. The normalized spacial score (nSPS) is 23.2. The highest BCUT2D eigenvalue weighted by atomic mass is 35.5. The van der Waals surface area contributed by atoms with Gasteiger partial charge in [-0.3, -0.25) is 0 Å². The average Bonchev–Trinajstić information content (AvgIpc) is 2.82. The van der Waals surface area contributed by atoms with Gasteiger partial charge in [0.25, 0.3) is 0 Å². The van der Waals surface area contributed by atoms with Crippen molar-refractivity contribution in [1.82, 2.24) is 0 Å². The van der Waals surface area contributed by atoms with Crippen molar-refractivity contribution >= 4 is 18.0 Å². The quantitative estimate of drug-likeness (QED) is 0.676. The Morgan fingerprint density at radius 3 is 3.22 bits per heavy atom. The van der Waals surface area contributed by atoms with Crippen molar-refractivity contribution in [3.63, 3.8) is 0 Å². The molecular formula is C15H18ClNO. The lowest BCUT2D eigenvalue weighted by atomic mass is 10.0. The molecular weight excluding hydrogens is 246 g/mol. The first-order chi connectivity index (χ1) is 8.79. The minimum atomic E-state index is 0.544. The van der Waals surface area contributed by atoms with Crippen molar-refractivity contribution in [2.24, 2.45) is 10.9 Å². The molecule has 0 N–H and O–H groups in total. The lowest BCUT2D eigenvalue weighted by molar-refractivity contribution is 0.448. The summed E-state index contributed by atoms with van der Waals surface area (Å²) in [5, 5.41) is 0. The van der Waals surface area contributed by atoms with Gasteiger partial charge in [-0.15, -0.1) is 11.6 Å². The second-order valence-corrected chi connectivity index (χ2v) is 4.84. The van der Waals surface area contributed by atoms with Crippen LogP contribution in [0, 0.1) is 5.92 Å². The van der Waals surface area contributed by atoms with Gasteiger partial charge in [-0.1, -0.05) is 24.8 Å². The number of rotatable bonds is 5. The number of ether oxygens (including phenoxy) is 1. The first-order valence-electron chi connectivity index (χ1n) is 6.31. The molecule has 3 heteroatoms. The maximum atomic E-state index is 5.93. The van der Waals surface area contributed by atoms with Gasteiger partial charge in [0.2, 0.25) is 0 Å². The molecule has 1 aliphatic carbocycles. The van der Waals surface area contributed by atoms with E-state index in [4.69, 9.17) is 16.3 Å². The van der Waals surface area contributed by atoms with Crippen molar-refractivity contribution in [2.75, 3.05) is 5.88 Å². The largest absolute Gasteiger partial charge is 0.446 e. The first kappa shape index (κ1) is 13.2. The molecule has 1 aliphatic heterocycles. The van der Waals surface area contributed by atoms with Gasteiger partial charge in [0.1, 0.15) is 5.76 Å². The Morgan fingerprint density at radius 1 is 1.56 bits per heavy atom. The monoisotopic (exact) mass is 263 g/mol. The number of nitrogens with zero attached hydrogens (tertiary/aromatic N) is 1. The van der Waals surface area contributed by atoms with Crippen LogP contribution in [0.3, 0.4) is 0 Å². The molecule has 0 saturated carbocycles. The third kappa shape index (κ3) is 3.61. The molecule has 0 aromatic rings. The Balaban J connectivity index is 1.78. The minimum absolute atomic E-state index is 0.544. The Labute approximate surface area is 113 Å². The molecule has 0 saturated heterocycles. The number of alkyl halides is 1. The van der Waals surface area contributed by atoms with Crippen LogP contribution >= 0.6 is 11.6 Å². The number of allylic oxidation sites excluding steroid dienone is 6. The van der Waals surface area contributed by atoms with Gasteiger partial charge in [-0.25, -0.2) is 4.99 Å². The summed E-state index contributed by atoms with van der Waals surface area (Å²) in [5.41, 5.74) is 2.41. The van der Waals surface area contributed by atoms with Crippen LogP contribution in [0.4, 0.5) is 0 Å². The Bertz CT molecular complexity index is 432. The summed E-state index contributed by atoms with van der Waals surface area (Å²) >= 11 is 5.93. The second-order valence-electron chi connectivity index (χ2n) is 4.53. The van der Waals surface area contributed by atoms with Crippen molar-refractivity contribution in [3.8, 4) is 0 Å². The first-order valence-corrected chi connectivity index (χ1v) is 6.84. The third-order valence-electron chi connectivity index (χ3n) is 3.18. The molecule has 0 bridgehead atoms. The third-order valence-corrected chi connectivity index (χ3v) is 3.55. The SMILES string of the molecule is C=C1C=C(CCC=CC2=CCCC2CCl)N=CO1. The molecule has 0 amide bonds. The summed E-state index contributed by atoms with van der Waals surface area (Å²) in [6.45, 7) is 3.75. The number of hydrogen-bond donors (Lipinski definition) is 0. The van der Waals surface area contributed by atoms with Gasteiger partial charge in [0, 0.05) is 17.7 Å². The molecule has 0 fully saturated rings. The summed E-state index contributed by atoms with van der Waals surface area (Å²) in [6, 6.07) is 0. The van der Waals surface area contributed by atoms with Gasteiger partial charge in [0.05, 0.1) is 0 Å². The molecule has 1 heterocycles. The van der Waals surface area contributed by atoms with Gasteiger partial charge >= 0.3 is 0 Å². The zero-order valence-corrected chi connectivity index (χ0v) is 11.2. The summed E-state index contributed by atoms with van der Waals surface area (Å²) in [6.07, 6.45) is 14.3. The summed E-state index contributed by atoms with van der Waals surface area (Å²) in [7, 11) is 0. The van der Waals surface area contributed by atoms with E-state index in [-0.39, 0.29) is 0 Å². The minimum Gasteiger partial charge on any atom is -0.446 e. The van der Waals surface area contributed by atoms with Crippen molar-refractivity contribution in [2.45, 2.75) is 25.7 Å². The highest BCUT2D eigenvalue weighted by Gasteiger charge is 2.15. The maximum Gasteiger partial charge on any atom is 0.181 e. The van der Waals surface area contributed by atoms with E-state index in [9.17, 15) is 0 Å². The predicted octanol–water partition coefficient (Wildman–Crippen LogP) is 4.35. The zero-order valence-electron chi connectivity index (χ0n) is 10.4. The van der Waals surface area contributed by atoms with E-state index >= 15 is 0 Å². The van der Waals surface area contributed by atoms with Crippen LogP contribution in [0.5, 0.6) is 0 Å². The van der Waals surface area contributed by atoms with Crippen molar-refractivity contribution < 1.29 is 4.74 Å². The lowest BCUT2D eigenvalue weighted by Gasteiger charge is -2.08. The standard InChI is InChI=1S/C15H18ClNO/c1-12-9-15(17-11-18-12)8-3-2-5-13-6-4-7-14(13)10-16/h2,5-6,9,11,14H,1,3-4,7-8,10H2. The highest BCUT2D eigenvalue weighted by Crippen LogP contribution is 2.28. The van der Waals surface area contributed by atoms with Crippen LogP contribution in [0.1, 0.15) is 25.7 Å². The van der Waals surface area contributed by atoms with E-state index < -0.39 is 0 Å². The molecule has 2 nitrogen and oxygen atoms in total. The molecule has 0 spiro atoms. The summed E-state index contributed by atoms with van der Waals surface area (Å²) in [5.74, 6) is 1.93. The molecule has 2 rings (SSSR count). The van der Waals surface area contributed by atoms with Gasteiger partial charge in [-0.2, -0.15) is 0 Å². The van der Waals surface area contributed by atoms with Crippen LogP contribution in [-0.4, -0.2) is 12.3 Å². The molecule has 2 aliphatic rings. The molecule has 1 unspecified atom stereocenters. The van der Waals surface area contributed by atoms with E-state index in [0.717, 1.165) is 30.8 Å². The number of halogens is 1. The van der Waals surface area contributed by atoms with Crippen LogP contribution in [0.2, 0.25) is 0 Å². The van der Waals surface area contributed by atoms with Gasteiger partial charge in [-0.05, 0) is 37.2 Å². The summed E-state index contributed by atoms with van der Waals surface area (Å²) < 4.78 is 5.02. The topological polar surface area (TPSA) is 21.6 Å². The maximum absolute atomic E-state index is 5.93. The molecule has 0 aromatic carbocycles. The van der Waals surface area contributed by atoms with Crippen molar-refractivity contribution in [1.29, 1.82) is 0 Å². The molecule has 96 valence electrons. The molecule has 1 atom stereocenters. The summed E-state index contributed by atoms with van der Waals surface area (Å²) in [4.78, 5) is 4.16. The van der Waals surface area contributed by atoms with E-state index in [2.05, 4.69) is 29.8 Å². The van der Waals surface area contributed by atoms with Crippen LogP contribution in [0.15, 0.2) is 52.9 Å². The Morgan fingerprint density at radius 2 is 2.44 bits per heavy atom. The fourth-order valence-corrected chi connectivity index (χ4v) is 2.49. The fourth-order valence-electron chi connectivity index (χ4n) is 2.16. The Kier molecular flexibility index (Phi) is 4.82. The second kappa shape index (κ2) is 6.60. The molecule has 0 aromatic heterocycles. The average molecular weight is 264 g/mol. The lowest BCUT2D eigenvalue weighted by Crippen LogP contribution is -1.98. The predicted molar refractivity (Wildman–Crippen MR) is 76.7 cm³/mol. The van der Waals surface area contributed by atoms with E-state index in [1.807, 2.05) is 6.08 Å². The number of aliphatic imine (C=N–C) groups is 1. The van der Waals surface area contributed by atoms with Crippen LogP contribution < -0.4 is 0 Å². The molecule has 0 radical (unpaired) electrons. The van der Waals surface area contributed by atoms with Crippen LogP contribution in [0.25, 0.3) is 0 Å². The van der Waals surface area contributed by atoms with Crippen LogP contribution in [-0.2, 0) is 4.74 Å². The Hall–Kier alpha value is -1.28. The fraction of sp³-hybridized carbons (Fsp3) is 0.400.